The molecule has 0 amide bonds. The number of allylic oxidation sites excluding steroid dienone is 1. The molecular formula is C24H26FNO4. The summed E-state index contributed by atoms with van der Waals surface area (Å²) in [7, 11) is 4.19. The first-order chi connectivity index (χ1) is 14.3. The van der Waals surface area contributed by atoms with Gasteiger partial charge in [-0.15, -0.1) is 0 Å². The molecule has 1 aliphatic rings. The van der Waals surface area contributed by atoms with Crippen LogP contribution in [0.15, 0.2) is 66.8 Å². The maximum atomic E-state index is 14.3. The number of benzene rings is 2. The van der Waals surface area contributed by atoms with E-state index in [-0.39, 0.29) is 5.82 Å². The molecule has 0 bridgehead atoms. The first kappa shape index (κ1) is 23.0. The van der Waals surface area contributed by atoms with Crippen LogP contribution in [0.5, 0.6) is 0 Å². The second kappa shape index (κ2) is 11.1. The van der Waals surface area contributed by atoms with Crippen LogP contribution >= 0.6 is 0 Å². The molecule has 6 heteroatoms. The Morgan fingerprint density at radius 1 is 1.00 bits per heavy atom. The van der Waals surface area contributed by atoms with Gasteiger partial charge in [0.05, 0.1) is 0 Å². The Hall–Kier alpha value is -3.25. The second-order valence-corrected chi connectivity index (χ2v) is 7.28. The number of carboxylic acid groups (broad SMARTS) is 2. The molecule has 2 N–H and O–H groups in total. The van der Waals surface area contributed by atoms with Gasteiger partial charge >= 0.3 is 11.9 Å². The fourth-order valence-corrected chi connectivity index (χ4v) is 3.29. The van der Waals surface area contributed by atoms with Crippen molar-refractivity contribution in [2.24, 2.45) is 5.92 Å². The summed E-state index contributed by atoms with van der Waals surface area (Å²) in [6, 6.07) is 15.5. The fraction of sp³-hybridized carbons (Fsp3) is 0.250. The van der Waals surface area contributed by atoms with Crippen LogP contribution in [0.1, 0.15) is 23.1 Å². The summed E-state index contributed by atoms with van der Waals surface area (Å²) in [5, 5.41) is 15.6. The number of nitrogens with zero attached hydrogens (tertiary/aromatic N) is 1. The van der Waals surface area contributed by atoms with Gasteiger partial charge in [-0.05, 0) is 62.2 Å². The third-order valence-electron chi connectivity index (χ3n) is 4.67. The summed E-state index contributed by atoms with van der Waals surface area (Å²) < 4.78 is 14.3. The smallest absolute Gasteiger partial charge is 0.328 e. The number of hydrogen-bond acceptors (Lipinski definition) is 3. The number of hydrogen-bond donors (Lipinski definition) is 2. The van der Waals surface area contributed by atoms with Crippen LogP contribution in [-0.2, 0) is 16.0 Å². The molecule has 2 aromatic rings. The van der Waals surface area contributed by atoms with E-state index in [0.29, 0.717) is 23.6 Å². The second-order valence-electron chi connectivity index (χ2n) is 7.28. The minimum Gasteiger partial charge on any atom is -0.478 e. The summed E-state index contributed by atoms with van der Waals surface area (Å²) in [5.41, 5.74) is 4.26. The molecule has 3 rings (SSSR count). The van der Waals surface area contributed by atoms with Crippen molar-refractivity contribution in [2.75, 3.05) is 20.6 Å². The quantitative estimate of drug-likeness (QED) is 0.700. The standard InChI is InChI=1S/C20H22FN.C4H4O4/c1-22(2)12-11-15-13-16-7-3-4-8-17(16)19(14-15)18-9-5-6-10-20(18)21;5-3(6)1-2-4(7)8/h3-10,14-15H,11-13H2,1-2H3;1-2H,(H,5,6)(H,7,8)/b;2-1-. The molecule has 0 spiro atoms. The average molecular weight is 411 g/mol. The molecule has 0 saturated carbocycles. The van der Waals surface area contributed by atoms with Crippen LogP contribution in [0.3, 0.4) is 0 Å². The number of carbonyl (C=O) groups is 2. The monoisotopic (exact) mass is 411 g/mol. The first-order valence-electron chi connectivity index (χ1n) is 9.61. The predicted octanol–water partition coefficient (Wildman–Crippen LogP) is 4.09. The number of rotatable bonds is 6. The third kappa shape index (κ3) is 6.97. The third-order valence-corrected chi connectivity index (χ3v) is 4.67. The summed E-state index contributed by atoms with van der Waals surface area (Å²) in [4.78, 5) is 21.3. The lowest BCUT2D eigenvalue weighted by atomic mass is 9.80. The van der Waals surface area contributed by atoms with Crippen LogP contribution in [-0.4, -0.2) is 47.7 Å². The maximum Gasteiger partial charge on any atom is 0.328 e. The number of fused-ring (bicyclic) bond motifs is 1. The molecule has 0 fully saturated rings. The van der Waals surface area contributed by atoms with Gasteiger partial charge in [0.1, 0.15) is 5.82 Å². The zero-order chi connectivity index (χ0) is 22.1. The van der Waals surface area contributed by atoms with Crippen molar-refractivity contribution < 1.29 is 24.2 Å². The highest BCUT2D eigenvalue weighted by Crippen LogP contribution is 2.35. The average Bonchev–Trinajstić information content (AvgIpc) is 2.71. The van der Waals surface area contributed by atoms with Crippen molar-refractivity contribution in [3.05, 3.63) is 89.3 Å². The molecule has 0 aliphatic heterocycles. The van der Waals surface area contributed by atoms with E-state index >= 15 is 0 Å². The Morgan fingerprint density at radius 3 is 2.13 bits per heavy atom. The fourth-order valence-electron chi connectivity index (χ4n) is 3.29. The van der Waals surface area contributed by atoms with E-state index in [4.69, 9.17) is 10.2 Å². The molecule has 5 nitrogen and oxygen atoms in total. The summed E-state index contributed by atoms with van der Waals surface area (Å²) in [5.74, 6) is -2.19. The van der Waals surface area contributed by atoms with Gasteiger partial charge in [0.15, 0.2) is 0 Å². The molecule has 1 aliphatic carbocycles. The van der Waals surface area contributed by atoms with Gasteiger partial charge < -0.3 is 15.1 Å². The highest BCUT2D eigenvalue weighted by Gasteiger charge is 2.21. The van der Waals surface area contributed by atoms with Gasteiger partial charge in [0.2, 0.25) is 0 Å². The molecule has 158 valence electrons. The zero-order valence-corrected chi connectivity index (χ0v) is 17.1. The molecular weight excluding hydrogens is 385 g/mol. The van der Waals surface area contributed by atoms with Crippen LogP contribution < -0.4 is 0 Å². The Morgan fingerprint density at radius 2 is 1.57 bits per heavy atom. The van der Waals surface area contributed by atoms with Crippen LogP contribution in [0.4, 0.5) is 4.39 Å². The molecule has 2 aromatic carbocycles. The Balaban J connectivity index is 0.000000343. The predicted molar refractivity (Wildman–Crippen MR) is 115 cm³/mol. The van der Waals surface area contributed by atoms with Crippen molar-refractivity contribution in [1.82, 2.24) is 4.90 Å². The zero-order valence-electron chi connectivity index (χ0n) is 17.1. The van der Waals surface area contributed by atoms with Gasteiger partial charge in [-0.2, -0.15) is 0 Å². The Kier molecular flexibility index (Phi) is 8.50. The van der Waals surface area contributed by atoms with Crippen LogP contribution in [0.25, 0.3) is 5.57 Å². The molecule has 0 radical (unpaired) electrons. The van der Waals surface area contributed by atoms with E-state index in [0.717, 1.165) is 25.0 Å². The molecule has 30 heavy (non-hydrogen) atoms. The van der Waals surface area contributed by atoms with E-state index in [1.54, 1.807) is 12.1 Å². The molecule has 0 aromatic heterocycles. The molecule has 1 atom stereocenters. The summed E-state index contributed by atoms with van der Waals surface area (Å²) in [6.07, 6.45) is 5.52. The lowest BCUT2D eigenvalue weighted by Gasteiger charge is -2.25. The largest absolute Gasteiger partial charge is 0.478 e. The van der Waals surface area contributed by atoms with Gasteiger partial charge in [-0.3, -0.25) is 0 Å². The highest BCUT2D eigenvalue weighted by molar-refractivity contribution is 5.89. The lowest BCUT2D eigenvalue weighted by Crippen LogP contribution is -2.19. The number of halogens is 1. The Labute approximate surface area is 175 Å². The van der Waals surface area contributed by atoms with Gasteiger partial charge in [0.25, 0.3) is 0 Å². The van der Waals surface area contributed by atoms with E-state index in [1.165, 1.54) is 11.1 Å². The highest BCUT2D eigenvalue weighted by atomic mass is 19.1. The van der Waals surface area contributed by atoms with Gasteiger partial charge in [-0.1, -0.05) is 48.5 Å². The molecule has 0 heterocycles. The van der Waals surface area contributed by atoms with Crippen molar-refractivity contribution in [1.29, 1.82) is 0 Å². The first-order valence-corrected chi connectivity index (χ1v) is 9.61. The van der Waals surface area contributed by atoms with Crippen molar-refractivity contribution in [3.8, 4) is 0 Å². The maximum absolute atomic E-state index is 14.3. The van der Waals surface area contributed by atoms with Gasteiger partial charge in [0, 0.05) is 17.7 Å². The van der Waals surface area contributed by atoms with E-state index in [9.17, 15) is 14.0 Å². The molecule has 0 saturated heterocycles. The molecule has 1 unspecified atom stereocenters. The van der Waals surface area contributed by atoms with E-state index < -0.39 is 11.9 Å². The minimum atomic E-state index is -1.26. The van der Waals surface area contributed by atoms with Crippen LogP contribution in [0, 0.1) is 11.7 Å². The van der Waals surface area contributed by atoms with Crippen LogP contribution in [0.2, 0.25) is 0 Å². The summed E-state index contributed by atoms with van der Waals surface area (Å²) >= 11 is 0. The van der Waals surface area contributed by atoms with E-state index in [1.807, 2.05) is 18.2 Å². The normalized spacial score (nSPS) is 15.2. The minimum absolute atomic E-state index is 0.142. The lowest BCUT2D eigenvalue weighted by molar-refractivity contribution is -0.134. The van der Waals surface area contributed by atoms with E-state index in [2.05, 4.69) is 43.3 Å². The van der Waals surface area contributed by atoms with Crippen molar-refractivity contribution in [2.45, 2.75) is 12.8 Å². The number of aliphatic carboxylic acids is 2. The summed E-state index contributed by atoms with van der Waals surface area (Å²) in [6.45, 7) is 1.05. The number of carboxylic acids is 2. The SMILES string of the molecule is CN(C)CCC1C=C(c2ccccc2F)c2ccccc2C1.O=C(O)/C=C\C(=O)O. The van der Waals surface area contributed by atoms with Gasteiger partial charge in [-0.25, -0.2) is 14.0 Å². The topological polar surface area (TPSA) is 77.8 Å². The van der Waals surface area contributed by atoms with Crippen molar-refractivity contribution in [3.63, 3.8) is 0 Å². The van der Waals surface area contributed by atoms with Crippen molar-refractivity contribution >= 4 is 17.5 Å². The Bertz CT molecular complexity index is 934.